The predicted octanol–water partition coefficient (Wildman–Crippen LogP) is 2.12. The number of rotatable bonds is 7. The zero-order chi connectivity index (χ0) is 18.2. The monoisotopic (exact) mass is 347 g/mol. The van der Waals surface area contributed by atoms with Crippen LogP contribution in [0.1, 0.15) is 12.5 Å². The minimum atomic E-state index is -0.763. The molecule has 134 valence electrons. The Morgan fingerprint density at radius 1 is 1.16 bits per heavy atom. The van der Waals surface area contributed by atoms with E-state index in [4.69, 9.17) is 4.74 Å². The van der Waals surface area contributed by atoms with Gasteiger partial charge in [-0.25, -0.2) is 9.18 Å². The lowest BCUT2D eigenvalue weighted by Gasteiger charge is -2.16. The molecule has 2 aromatic carbocycles. The number of methoxy groups -OCH3 is 1. The minimum Gasteiger partial charge on any atom is -0.496 e. The standard InChI is InChI=1S/C18H22FN3O3/c1-12(17(23)20-10-9-19)22-18(24)21-11-15-14-6-4-3-5-13(14)7-8-16(15)25-2/h3-8,12H,9-11H2,1-2H3,(H,20,23)(H2,21,22,24). The Hall–Kier alpha value is -2.83. The number of carbonyl (C=O) groups excluding carboxylic acids is 2. The maximum atomic E-state index is 12.1. The fourth-order valence-corrected chi connectivity index (χ4v) is 2.49. The summed E-state index contributed by atoms with van der Waals surface area (Å²) in [7, 11) is 1.57. The number of amides is 3. The van der Waals surface area contributed by atoms with Gasteiger partial charge in [-0.2, -0.15) is 0 Å². The molecule has 25 heavy (non-hydrogen) atoms. The van der Waals surface area contributed by atoms with E-state index in [1.165, 1.54) is 6.92 Å². The van der Waals surface area contributed by atoms with Crippen LogP contribution in [0.2, 0.25) is 0 Å². The summed E-state index contributed by atoms with van der Waals surface area (Å²) in [5, 5.41) is 9.64. The topological polar surface area (TPSA) is 79.5 Å². The van der Waals surface area contributed by atoms with Crippen molar-refractivity contribution in [1.82, 2.24) is 16.0 Å². The third-order valence-electron chi connectivity index (χ3n) is 3.78. The van der Waals surface area contributed by atoms with Crippen molar-refractivity contribution in [3.63, 3.8) is 0 Å². The molecule has 3 N–H and O–H groups in total. The normalized spacial score (nSPS) is 11.6. The molecule has 0 aliphatic rings. The molecule has 2 aromatic rings. The SMILES string of the molecule is COc1ccc2ccccc2c1CNC(=O)NC(C)C(=O)NCCF. The first-order valence-electron chi connectivity index (χ1n) is 7.99. The maximum Gasteiger partial charge on any atom is 0.315 e. The first kappa shape index (κ1) is 18.5. The molecule has 0 aliphatic carbocycles. The molecule has 1 atom stereocenters. The molecule has 0 bridgehead atoms. The molecule has 0 saturated carbocycles. The molecule has 7 heteroatoms. The number of alkyl halides is 1. The lowest BCUT2D eigenvalue weighted by atomic mass is 10.0. The molecule has 3 amide bonds. The summed E-state index contributed by atoms with van der Waals surface area (Å²) in [4.78, 5) is 23.7. The van der Waals surface area contributed by atoms with Crippen molar-refractivity contribution < 1.29 is 18.7 Å². The van der Waals surface area contributed by atoms with Crippen molar-refractivity contribution in [2.75, 3.05) is 20.3 Å². The summed E-state index contributed by atoms with van der Waals surface area (Å²) < 4.78 is 17.4. The van der Waals surface area contributed by atoms with E-state index in [1.54, 1.807) is 7.11 Å². The Morgan fingerprint density at radius 2 is 1.92 bits per heavy atom. The van der Waals surface area contributed by atoms with Crippen LogP contribution in [0.5, 0.6) is 5.75 Å². The molecule has 0 aromatic heterocycles. The van der Waals surface area contributed by atoms with Gasteiger partial charge < -0.3 is 20.7 Å². The Kier molecular flexibility index (Phi) is 6.56. The van der Waals surface area contributed by atoms with Gasteiger partial charge in [-0.1, -0.05) is 30.3 Å². The molecule has 0 radical (unpaired) electrons. The Balaban J connectivity index is 2.02. The summed E-state index contributed by atoms with van der Waals surface area (Å²) in [5.74, 6) is 0.239. The van der Waals surface area contributed by atoms with Crippen molar-refractivity contribution in [3.8, 4) is 5.75 Å². The second-order valence-electron chi connectivity index (χ2n) is 5.50. The number of nitrogens with one attached hydrogen (secondary N) is 3. The summed E-state index contributed by atoms with van der Waals surface area (Å²) in [5.41, 5.74) is 0.852. The minimum absolute atomic E-state index is 0.0698. The van der Waals surface area contributed by atoms with Gasteiger partial charge in [-0.05, 0) is 23.8 Å². The highest BCUT2D eigenvalue weighted by atomic mass is 19.1. The summed E-state index contributed by atoms with van der Waals surface area (Å²) in [6.45, 7) is 1.06. The Labute approximate surface area is 145 Å². The Morgan fingerprint density at radius 3 is 2.64 bits per heavy atom. The first-order valence-corrected chi connectivity index (χ1v) is 7.99. The maximum absolute atomic E-state index is 12.1. The quantitative estimate of drug-likeness (QED) is 0.718. The van der Waals surface area contributed by atoms with Crippen molar-refractivity contribution in [3.05, 3.63) is 42.0 Å². The molecule has 0 spiro atoms. The highest BCUT2D eigenvalue weighted by Gasteiger charge is 2.15. The highest BCUT2D eigenvalue weighted by molar-refractivity contribution is 5.89. The third-order valence-corrected chi connectivity index (χ3v) is 3.78. The molecule has 6 nitrogen and oxygen atoms in total. The van der Waals surface area contributed by atoms with Crippen LogP contribution >= 0.6 is 0 Å². The largest absolute Gasteiger partial charge is 0.496 e. The zero-order valence-electron chi connectivity index (χ0n) is 14.3. The number of halogens is 1. The summed E-state index contributed by atoms with van der Waals surface area (Å²) >= 11 is 0. The number of hydrogen-bond acceptors (Lipinski definition) is 3. The molecule has 0 heterocycles. The van der Waals surface area contributed by atoms with Crippen LogP contribution < -0.4 is 20.7 Å². The Bertz CT molecular complexity index is 751. The van der Waals surface area contributed by atoms with Gasteiger partial charge in [0.1, 0.15) is 18.5 Å². The van der Waals surface area contributed by atoms with Gasteiger partial charge in [0.05, 0.1) is 7.11 Å². The van der Waals surface area contributed by atoms with Gasteiger partial charge >= 0.3 is 6.03 Å². The third kappa shape index (κ3) is 4.82. The van der Waals surface area contributed by atoms with Gasteiger partial charge in [0.15, 0.2) is 0 Å². The number of hydrogen-bond donors (Lipinski definition) is 3. The summed E-state index contributed by atoms with van der Waals surface area (Å²) in [6.07, 6.45) is 0. The van der Waals surface area contributed by atoms with Crippen LogP contribution in [0.3, 0.4) is 0 Å². The fourth-order valence-electron chi connectivity index (χ4n) is 2.49. The smallest absolute Gasteiger partial charge is 0.315 e. The van der Waals surface area contributed by atoms with Crippen LogP contribution in [0, 0.1) is 0 Å². The van der Waals surface area contributed by atoms with E-state index in [1.807, 2.05) is 36.4 Å². The number of fused-ring (bicyclic) bond motifs is 1. The van der Waals surface area contributed by atoms with Crippen molar-refractivity contribution in [1.29, 1.82) is 0 Å². The number of benzene rings is 2. The number of carbonyl (C=O) groups is 2. The molecule has 2 rings (SSSR count). The van der Waals surface area contributed by atoms with Gasteiger partial charge in [0, 0.05) is 18.7 Å². The van der Waals surface area contributed by atoms with E-state index in [9.17, 15) is 14.0 Å². The first-order chi connectivity index (χ1) is 12.1. The summed E-state index contributed by atoms with van der Waals surface area (Å²) in [6, 6.07) is 10.4. The van der Waals surface area contributed by atoms with Crippen LogP contribution in [0.4, 0.5) is 9.18 Å². The van der Waals surface area contributed by atoms with Crippen LogP contribution in [0.15, 0.2) is 36.4 Å². The molecular formula is C18H22FN3O3. The highest BCUT2D eigenvalue weighted by Crippen LogP contribution is 2.27. The second-order valence-corrected chi connectivity index (χ2v) is 5.50. The zero-order valence-corrected chi connectivity index (χ0v) is 14.3. The molecule has 0 saturated heterocycles. The fraction of sp³-hybridized carbons (Fsp3) is 0.333. The van der Waals surface area contributed by atoms with Gasteiger partial charge in [0.25, 0.3) is 0 Å². The van der Waals surface area contributed by atoms with E-state index in [-0.39, 0.29) is 13.1 Å². The van der Waals surface area contributed by atoms with Crippen molar-refractivity contribution in [2.45, 2.75) is 19.5 Å². The molecule has 0 aliphatic heterocycles. The predicted molar refractivity (Wildman–Crippen MR) is 94.3 cm³/mol. The van der Waals surface area contributed by atoms with Crippen LogP contribution in [0.25, 0.3) is 10.8 Å². The average Bonchev–Trinajstić information content (AvgIpc) is 2.63. The second kappa shape index (κ2) is 8.86. The van der Waals surface area contributed by atoms with E-state index < -0.39 is 24.7 Å². The van der Waals surface area contributed by atoms with E-state index >= 15 is 0 Å². The van der Waals surface area contributed by atoms with E-state index in [0.717, 1.165) is 16.3 Å². The average molecular weight is 347 g/mol. The van der Waals surface area contributed by atoms with Crippen LogP contribution in [-0.2, 0) is 11.3 Å². The van der Waals surface area contributed by atoms with E-state index in [2.05, 4.69) is 16.0 Å². The van der Waals surface area contributed by atoms with E-state index in [0.29, 0.717) is 5.75 Å². The van der Waals surface area contributed by atoms with Gasteiger partial charge in [-0.15, -0.1) is 0 Å². The van der Waals surface area contributed by atoms with Gasteiger partial charge in [-0.3, -0.25) is 4.79 Å². The molecular weight excluding hydrogens is 325 g/mol. The number of urea groups is 1. The lowest BCUT2D eigenvalue weighted by molar-refractivity contribution is -0.122. The van der Waals surface area contributed by atoms with Crippen molar-refractivity contribution >= 4 is 22.7 Å². The molecule has 1 unspecified atom stereocenters. The van der Waals surface area contributed by atoms with Gasteiger partial charge in [0.2, 0.25) is 5.91 Å². The van der Waals surface area contributed by atoms with Crippen LogP contribution in [-0.4, -0.2) is 38.3 Å². The number of ether oxygens (including phenoxy) is 1. The van der Waals surface area contributed by atoms with Crippen molar-refractivity contribution in [2.24, 2.45) is 0 Å². The molecule has 0 fully saturated rings. The lowest BCUT2D eigenvalue weighted by Crippen LogP contribution is -2.48.